The van der Waals surface area contributed by atoms with Crippen molar-refractivity contribution in [1.82, 2.24) is 19.6 Å². The van der Waals surface area contributed by atoms with Crippen LogP contribution >= 0.6 is 11.3 Å². The number of hydrogen-bond donors (Lipinski definition) is 0. The third-order valence-electron chi connectivity index (χ3n) is 9.48. The Morgan fingerprint density at radius 3 is 2.17 bits per heavy atom. The number of carbonyl (C=O) groups is 2. The fraction of sp³-hybridized carbons (Fsp3) is 0.613. The minimum Gasteiger partial charge on any atom is -0.336 e. The van der Waals surface area contributed by atoms with E-state index in [9.17, 15) is 22.8 Å². The third-order valence-corrected chi connectivity index (χ3v) is 10.6. The Morgan fingerprint density at radius 1 is 0.878 bits per heavy atom. The van der Waals surface area contributed by atoms with Crippen LogP contribution in [0.5, 0.6) is 0 Å². The topological polar surface area (TPSA) is 47.1 Å². The first kappa shape index (κ1) is 29.9. The van der Waals surface area contributed by atoms with Gasteiger partial charge in [0.15, 0.2) is 0 Å². The lowest BCUT2D eigenvalue weighted by atomic mass is 9.75. The zero-order chi connectivity index (χ0) is 29.5. The summed E-state index contributed by atoms with van der Waals surface area (Å²) in [6, 6.07) is 9.27. The van der Waals surface area contributed by atoms with Crippen LogP contribution in [0.3, 0.4) is 0 Å². The van der Waals surface area contributed by atoms with Gasteiger partial charge >= 0.3 is 12.2 Å². The summed E-state index contributed by atoms with van der Waals surface area (Å²) in [5.41, 5.74) is 0.391. The summed E-state index contributed by atoms with van der Waals surface area (Å²) in [5.74, 6) is -0.136. The molecule has 3 heterocycles. The molecular formula is C31H41F3N4O2S. The van der Waals surface area contributed by atoms with Gasteiger partial charge in [-0.1, -0.05) is 26.0 Å². The minimum absolute atomic E-state index is 0.0330. The van der Waals surface area contributed by atoms with Crippen LogP contribution in [-0.2, 0) is 6.18 Å². The van der Waals surface area contributed by atoms with E-state index >= 15 is 0 Å². The molecule has 2 atom stereocenters. The second-order valence-corrected chi connectivity index (χ2v) is 13.9. The average Bonchev–Trinajstić information content (AvgIpc) is 3.72. The largest absolute Gasteiger partial charge is 0.416 e. The van der Waals surface area contributed by atoms with Crippen molar-refractivity contribution >= 4 is 23.3 Å². The predicted octanol–water partition coefficient (Wildman–Crippen LogP) is 6.68. The normalized spacial score (nSPS) is 23.6. The number of nitrogens with zero attached hydrogens (tertiary/aromatic N) is 4. The Morgan fingerprint density at radius 2 is 1.51 bits per heavy atom. The van der Waals surface area contributed by atoms with Crippen LogP contribution in [0, 0.1) is 5.41 Å². The van der Waals surface area contributed by atoms with E-state index in [1.165, 1.54) is 49.2 Å². The van der Waals surface area contributed by atoms with Crippen molar-refractivity contribution in [3.8, 4) is 10.4 Å². The second-order valence-electron chi connectivity index (χ2n) is 12.8. The summed E-state index contributed by atoms with van der Waals surface area (Å²) >= 11 is 1.27. The highest BCUT2D eigenvalue weighted by Gasteiger charge is 2.39. The van der Waals surface area contributed by atoms with Gasteiger partial charge in [0.25, 0.3) is 5.91 Å². The van der Waals surface area contributed by atoms with Gasteiger partial charge in [-0.05, 0) is 73.8 Å². The molecule has 1 saturated carbocycles. The van der Waals surface area contributed by atoms with Crippen molar-refractivity contribution in [3.63, 3.8) is 0 Å². The molecule has 2 saturated heterocycles. The first-order valence-corrected chi connectivity index (χ1v) is 15.4. The number of likely N-dealkylation sites (N-methyl/N-ethyl adjacent to an activating group) is 2. The number of likely N-dealkylation sites (tertiary alicyclic amines) is 2. The number of carbonyl (C=O) groups excluding carboxylic acids is 2. The highest BCUT2D eigenvalue weighted by molar-refractivity contribution is 7.17. The summed E-state index contributed by atoms with van der Waals surface area (Å²) in [6.07, 6.45) is 2.33. The monoisotopic (exact) mass is 590 g/mol. The van der Waals surface area contributed by atoms with Crippen molar-refractivity contribution in [2.75, 3.05) is 40.3 Å². The fourth-order valence-corrected chi connectivity index (χ4v) is 7.54. The lowest BCUT2D eigenvalue weighted by Gasteiger charge is -2.39. The average molecular weight is 591 g/mol. The van der Waals surface area contributed by atoms with Gasteiger partial charge in [-0.2, -0.15) is 13.2 Å². The van der Waals surface area contributed by atoms with Crippen LogP contribution in [-0.4, -0.2) is 89.9 Å². The van der Waals surface area contributed by atoms with E-state index in [4.69, 9.17) is 0 Å². The van der Waals surface area contributed by atoms with Gasteiger partial charge in [-0.3, -0.25) is 9.69 Å². The molecule has 1 aliphatic carbocycles. The summed E-state index contributed by atoms with van der Waals surface area (Å²) in [4.78, 5) is 36.0. The maximum atomic E-state index is 13.4. The first-order chi connectivity index (χ1) is 19.3. The molecule has 0 bridgehead atoms. The molecule has 3 aliphatic rings. The van der Waals surface area contributed by atoms with Gasteiger partial charge in [0.05, 0.1) is 16.5 Å². The molecule has 5 rings (SSSR count). The Kier molecular flexibility index (Phi) is 8.45. The van der Waals surface area contributed by atoms with Gasteiger partial charge in [-0.15, -0.1) is 11.3 Å². The molecule has 2 aliphatic heterocycles. The number of halogens is 3. The molecule has 1 aromatic heterocycles. The van der Waals surface area contributed by atoms with E-state index < -0.39 is 11.7 Å². The molecule has 2 aromatic rings. The molecule has 0 radical (unpaired) electrons. The Balaban J connectivity index is 1.13. The van der Waals surface area contributed by atoms with Crippen molar-refractivity contribution in [2.24, 2.45) is 5.41 Å². The van der Waals surface area contributed by atoms with Crippen LogP contribution in [0.15, 0.2) is 36.4 Å². The molecule has 0 N–H and O–H groups in total. The number of alkyl halides is 3. The number of rotatable bonds is 5. The van der Waals surface area contributed by atoms with Crippen molar-refractivity contribution < 1.29 is 22.8 Å². The molecule has 1 aromatic carbocycles. The lowest BCUT2D eigenvalue weighted by molar-refractivity contribution is -0.137. The van der Waals surface area contributed by atoms with E-state index in [0.717, 1.165) is 36.5 Å². The molecule has 6 nitrogen and oxygen atoms in total. The summed E-state index contributed by atoms with van der Waals surface area (Å²) in [7, 11) is 3.68. The van der Waals surface area contributed by atoms with E-state index in [0.29, 0.717) is 41.4 Å². The molecule has 0 unspecified atom stereocenters. The number of benzene rings is 1. The Bertz CT molecular complexity index is 1230. The molecule has 41 heavy (non-hydrogen) atoms. The molecule has 3 amide bonds. The number of urea groups is 1. The zero-order valence-electron chi connectivity index (χ0n) is 24.4. The van der Waals surface area contributed by atoms with Gasteiger partial charge < -0.3 is 14.7 Å². The second kappa shape index (κ2) is 11.6. The fourth-order valence-electron chi connectivity index (χ4n) is 6.55. The Labute approximate surface area is 245 Å². The van der Waals surface area contributed by atoms with E-state index in [1.807, 2.05) is 16.8 Å². The minimum atomic E-state index is -4.38. The standard InChI is InChI=1S/C31H41F3N4O2S/c1-30(2)15-11-23(12-16-30)37-17-13-25(19-37)36(4)29(40)38-18-14-24(20-38)35(3)28(39)27-10-9-26(41-27)21-5-7-22(8-6-21)31(32,33)34/h5-10,23-25H,11-20H2,1-4H3/t24-,25+/m0/s1. The van der Waals surface area contributed by atoms with Crippen molar-refractivity contribution in [2.45, 2.75) is 76.7 Å². The molecular weight excluding hydrogens is 549 g/mol. The first-order valence-electron chi connectivity index (χ1n) is 14.6. The van der Waals surface area contributed by atoms with E-state index in [2.05, 4.69) is 18.7 Å². The third kappa shape index (κ3) is 6.58. The molecule has 3 fully saturated rings. The number of hydrogen-bond acceptors (Lipinski definition) is 4. The van der Waals surface area contributed by atoms with Crippen LogP contribution in [0.4, 0.5) is 18.0 Å². The van der Waals surface area contributed by atoms with Gasteiger partial charge in [0.1, 0.15) is 0 Å². The van der Waals surface area contributed by atoms with Crippen LogP contribution < -0.4 is 0 Å². The molecule has 0 spiro atoms. The van der Waals surface area contributed by atoms with Crippen LogP contribution in [0.1, 0.15) is 67.6 Å². The van der Waals surface area contributed by atoms with Crippen molar-refractivity contribution in [3.05, 3.63) is 46.8 Å². The number of amides is 3. The van der Waals surface area contributed by atoms with E-state index in [1.54, 1.807) is 24.1 Å². The van der Waals surface area contributed by atoms with Gasteiger partial charge in [0, 0.05) is 57.2 Å². The Hall–Kier alpha value is -2.59. The zero-order valence-corrected chi connectivity index (χ0v) is 25.2. The lowest BCUT2D eigenvalue weighted by Crippen LogP contribution is -2.48. The summed E-state index contributed by atoms with van der Waals surface area (Å²) in [6.45, 7) is 7.80. The maximum absolute atomic E-state index is 13.4. The summed E-state index contributed by atoms with van der Waals surface area (Å²) < 4.78 is 38.7. The highest BCUT2D eigenvalue weighted by atomic mass is 32.1. The van der Waals surface area contributed by atoms with Crippen molar-refractivity contribution in [1.29, 1.82) is 0 Å². The van der Waals surface area contributed by atoms with Gasteiger partial charge in [-0.25, -0.2) is 4.79 Å². The highest BCUT2D eigenvalue weighted by Crippen LogP contribution is 2.38. The SMILES string of the molecule is CN(C(=O)c1ccc(-c2ccc(C(F)(F)F)cc2)s1)[C@H]1CCN(C(=O)N(C)[C@@H]2CCN(C3CCC(C)(C)CC3)C2)C1. The smallest absolute Gasteiger partial charge is 0.336 e. The van der Waals surface area contributed by atoms with Crippen LogP contribution in [0.2, 0.25) is 0 Å². The predicted molar refractivity (Wildman–Crippen MR) is 156 cm³/mol. The van der Waals surface area contributed by atoms with Crippen LogP contribution in [0.25, 0.3) is 10.4 Å². The quantitative estimate of drug-likeness (QED) is 0.391. The maximum Gasteiger partial charge on any atom is 0.416 e. The van der Waals surface area contributed by atoms with E-state index in [-0.39, 0.29) is 24.0 Å². The van der Waals surface area contributed by atoms with Gasteiger partial charge in [0.2, 0.25) is 0 Å². The number of thiophene rings is 1. The molecule has 10 heteroatoms. The molecule has 224 valence electrons. The summed E-state index contributed by atoms with van der Waals surface area (Å²) in [5, 5.41) is 0.